The summed E-state index contributed by atoms with van der Waals surface area (Å²) in [6.07, 6.45) is 8.42. The zero-order chi connectivity index (χ0) is 13.1. The predicted octanol–water partition coefficient (Wildman–Crippen LogP) is 3.28. The summed E-state index contributed by atoms with van der Waals surface area (Å²) < 4.78 is 0. The lowest BCUT2D eigenvalue weighted by molar-refractivity contribution is -0.116. The molecule has 0 aliphatic heterocycles. The van der Waals surface area contributed by atoms with Crippen LogP contribution in [-0.2, 0) is 4.79 Å². The van der Waals surface area contributed by atoms with Crippen LogP contribution < -0.4 is 5.73 Å². The molecule has 0 heterocycles. The van der Waals surface area contributed by atoms with Crippen molar-refractivity contribution >= 4 is 12.6 Å². The first kappa shape index (κ1) is 16.0. The minimum Gasteiger partial charge on any atom is -0.329 e. The molecule has 0 spiro atoms. The summed E-state index contributed by atoms with van der Waals surface area (Å²) in [5.74, 6) is 0.472. The summed E-state index contributed by atoms with van der Waals surface area (Å²) >= 11 is 0. The zero-order valence-corrected chi connectivity index (χ0v) is 11.4. The maximum atomic E-state index is 11.4. The summed E-state index contributed by atoms with van der Waals surface area (Å²) in [5.41, 5.74) is 5.44. The van der Waals surface area contributed by atoms with Crippen LogP contribution in [-0.4, -0.2) is 18.7 Å². The maximum absolute atomic E-state index is 11.4. The molecule has 3 nitrogen and oxygen atoms in total. The van der Waals surface area contributed by atoms with E-state index in [0.717, 1.165) is 44.4 Å². The fraction of sp³-hybridized carbons (Fsp3) is 0.786. The summed E-state index contributed by atoms with van der Waals surface area (Å²) in [7, 11) is 0. The van der Waals surface area contributed by atoms with Gasteiger partial charge >= 0.3 is 5.91 Å². The average molecular weight is 239 g/mol. The molecule has 0 rings (SSSR count). The van der Waals surface area contributed by atoms with Gasteiger partial charge in [-0.25, -0.2) is 4.79 Å². The number of amides is 1. The van der Waals surface area contributed by atoms with Crippen molar-refractivity contribution in [1.82, 2.24) is 0 Å². The van der Waals surface area contributed by atoms with Crippen LogP contribution in [0.2, 0.25) is 0 Å². The Hall–Kier alpha value is -0.990. The number of carbonyl (C=O) groups is 1. The Balaban J connectivity index is 4.20. The first-order valence-electron chi connectivity index (χ1n) is 6.78. The normalized spacial score (nSPS) is 12.1. The Morgan fingerprint density at radius 1 is 1.24 bits per heavy atom. The van der Waals surface area contributed by atoms with E-state index in [1.807, 2.05) is 0 Å². The van der Waals surface area contributed by atoms with Gasteiger partial charge in [-0.1, -0.05) is 33.1 Å². The van der Waals surface area contributed by atoms with Crippen LogP contribution in [0, 0.1) is 5.92 Å². The van der Waals surface area contributed by atoms with Crippen LogP contribution >= 0.6 is 0 Å². The van der Waals surface area contributed by atoms with Crippen molar-refractivity contribution in [3.05, 3.63) is 5.92 Å². The molecule has 0 aromatic heterocycles. The molecule has 0 aliphatic carbocycles. The highest BCUT2D eigenvalue weighted by molar-refractivity contribution is 5.89. The van der Waals surface area contributed by atoms with Crippen molar-refractivity contribution in [2.24, 2.45) is 10.7 Å². The van der Waals surface area contributed by atoms with E-state index in [4.69, 9.17) is 5.73 Å². The highest BCUT2D eigenvalue weighted by atomic mass is 16.1. The number of hydrogen-bond acceptors (Lipinski definition) is 2. The SMILES string of the molecule is C=NC(CCCCC)[C+](CCCCC)C(N)=O. The van der Waals surface area contributed by atoms with Crippen molar-refractivity contribution in [2.75, 3.05) is 0 Å². The van der Waals surface area contributed by atoms with Gasteiger partial charge in [0.2, 0.25) is 5.92 Å². The number of nitrogens with zero attached hydrogens (tertiary/aromatic N) is 1. The van der Waals surface area contributed by atoms with E-state index in [-0.39, 0.29) is 11.9 Å². The molecule has 2 N–H and O–H groups in total. The quantitative estimate of drug-likeness (QED) is 0.336. The van der Waals surface area contributed by atoms with Crippen LogP contribution in [0.4, 0.5) is 0 Å². The van der Waals surface area contributed by atoms with Gasteiger partial charge in [0.25, 0.3) is 0 Å². The van der Waals surface area contributed by atoms with Gasteiger partial charge in [-0.15, -0.1) is 0 Å². The number of nitrogens with two attached hydrogens (primary N) is 1. The number of aliphatic imine (C=N–C) groups is 1. The number of carbonyl (C=O) groups excluding carboxylic acids is 1. The topological polar surface area (TPSA) is 55.4 Å². The van der Waals surface area contributed by atoms with Gasteiger partial charge in [-0.05, 0) is 26.0 Å². The van der Waals surface area contributed by atoms with E-state index < -0.39 is 0 Å². The van der Waals surface area contributed by atoms with Crippen molar-refractivity contribution < 1.29 is 4.79 Å². The first-order valence-corrected chi connectivity index (χ1v) is 6.78. The third-order valence-corrected chi connectivity index (χ3v) is 3.07. The average Bonchev–Trinajstić information content (AvgIpc) is 2.31. The van der Waals surface area contributed by atoms with Gasteiger partial charge in [-0.2, -0.15) is 0 Å². The molecule has 0 saturated heterocycles. The molecule has 0 aliphatic rings. The molecular formula is C14H27N2O+. The standard InChI is InChI=1S/C14H26N2O/c1-4-6-8-10-12(14(15)17)13(16-3)11-9-7-5-2/h13H,3-11H2,1-2H3,(H-,15,17)/p+1. The lowest BCUT2D eigenvalue weighted by Gasteiger charge is -2.10. The molecule has 1 atom stereocenters. The Morgan fingerprint density at radius 3 is 2.29 bits per heavy atom. The molecule has 98 valence electrons. The van der Waals surface area contributed by atoms with Crippen LogP contribution in [0.3, 0.4) is 0 Å². The second-order valence-electron chi connectivity index (χ2n) is 4.54. The molecular weight excluding hydrogens is 212 g/mol. The summed E-state index contributed by atoms with van der Waals surface area (Å²) in [5, 5.41) is 0. The monoisotopic (exact) mass is 239 g/mol. The predicted molar refractivity (Wildman–Crippen MR) is 74.1 cm³/mol. The molecule has 0 saturated carbocycles. The van der Waals surface area contributed by atoms with Gasteiger partial charge in [-0.3, -0.25) is 4.99 Å². The first-order chi connectivity index (χ1) is 8.17. The molecule has 0 aromatic rings. The summed E-state index contributed by atoms with van der Waals surface area (Å²) in [6.45, 7) is 7.90. The zero-order valence-electron chi connectivity index (χ0n) is 11.4. The number of primary amides is 1. The Morgan fingerprint density at radius 2 is 1.82 bits per heavy atom. The molecule has 0 radical (unpaired) electrons. The van der Waals surface area contributed by atoms with E-state index in [1.165, 1.54) is 12.8 Å². The highest BCUT2D eigenvalue weighted by Gasteiger charge is 2.36. The smallest absolute Gasteiger partial charge is 0.329 e. The third kappa shape index (κ3) is 7.03. The van der Waals surface area contributed by atoms with Gasteiger partial charge < -0.3 is 5.73 Å². The maximum Gasteiger partial charge on any atom is 0.404 e. The largest absolute Gasteiger partial charge is 0.404 e. The second kappa shape index (κ2) is 10.2. The van der Waals surface area contributed by atoms with Crippen LogP contribution in [0.15, 0.2) is 4.99 Å². The van der Waals surface area contributed by atoms with E-state index >= 15 is 0 Å². The van der Waals surface area contributed by atoms with E-state index in [0.29, 0.717) is 0 Å². The molecule has 1 amide bonds. The van der Waals surface area contributed by atoms with Crippen LogP contribution in [0.5, 0.6) is 0 Å². The Bertz CT molecular complexity index is 216. The molecule has 0 bridgehead atoms. The fourth-order valence-corrected chi connectivity index (χ4v) is 1.98. The molecule has 0 aromatic carbocycles. The highest BCUT2D eigenvalue weighted by Crippen LogP contribution is 2.22. The van der Waals surface area contributed by atoms with Crippen molar-refractivity contribution in [2.45, 2.75) is 71.3 Å². The van der Waals surface area contributed by atoms with Gasteiger partial charge in [0, 0.05) is 6.42 Å². The summed E-state index contributed by atoms with van der Waals surface area (Å²) in [6, 6.07) is -0.0593. The van der Waals surface area contributed by atoms with Gasteiger partial charge in [0.1, 0.15) is 6.42 Å². The fourth-order valence-electron chi connectivity index (χ4n) is 1.98. The Kier molecular flexibility index (Phi) is 9.59. The van der Waals surface area contributed by atoms with Crippen LogP contribution in [0.1, 0.15) is 65.2 Å². The minimum atomic E-state index is -0.296. The van der Waals surface area contributed by atoms with Crippen molar-refractivity contribution in [1.29, 1.82) is 0 Å². The van der Waals surface area contributed by atoms with Gasteiger partial charge in [0.05, 0.1) is 0 Å². The third-order valence-electron chi connectivity index (χ3n) is 3.07. The molecule has 1 unspecified atom stereocenters. The number of hydrogen-bond donors (Lipinski definition) is 1. The van der Waals surface area contributed by atoms with Gasteiger partial charge in [0.15, 0.2) is 6.04 Å². The molecule has 3 heteroatoms. The minimum absolute atomic E-state index is 0.0593. The Labute approximate surface area is 106 Å². The summed E-state index contributed by atoms with van der Waals surface area (Å²) in [4.78, 5) is 15.5. The van der Waals surface area contributed by atoms with Crippen molar-refractivity contribution in [3.63, 3.8) is 0 Å². The lowest BCUT2D eigenvalue weighted by atomic mass is 9.89. The number of rotatable bonds is 11. The van der Waals surface area contributed by atoms with Crippen LogP contribution in [0.25, 0.3) is 0 Å². The van der Waals surface area contributed by atoms with E-state index in [1.54, 1.807) is 0 Å². The number of unbranched alkanes of at least 4 members (excludes halogenated alkanes) is 4. The lowest BCUT2D eigenvalue weighted by Crippen LogP contribution is -2.30. The molecule has 0 fully saturated rings. The molecule has 17 heavy (non-hydrogen) atoms. The van der Waals surface area contributed by atoms with E-state index in [2.05, 4.69) is 25.6 Å². The van der Waals surface area contributed by atoms with E-state index in [9.17, 15) is 4.79 Å². The van der Waals surface area contributed by atoms with Crippen molar-refractivity contribution in [3.8, 4) is 0 Å². The second-order valence-corrected chi connectivity index (χ2v) is 4.54.